The van der Waals surface area contributed by atoms with Crippen LogP contribution >= 0.6 is 33.2 Å². The van der Waals surface area contributed by atoms with Crippen molar-refractivity contribution in [3.05, 3.63) is 35.9 Å². The molecule has 1 N–H and O–H groups in total. The molecule has 27 heavy (non-hydrogen) atoms. The molecule has 0 atom stereocenters. The molecule has 0 radical (unpaired) electrons. The molecular formula is C19H26Cl3NO3Si. The highest BCUT2D eigenvalue weighted by molar-refractivity contribution is 7.64. The first-order valence-corrected chi connectivity index (χ1v) is 14.3. The van der Waals surface area contributed by atoms with Gasteiger partial charge in [-0.1, -0.05) is 44.2 Å². The molecule has 1 aromatic carbocycles. The van der Waals surface area contributed by atoms with Crippen LogP contribution in [0, 0.1) is 0 Å². The fourth-order valence-corrected chi connectivity index (χ4v) is 4.25. The van der Waals surface area contributed by atoms with E-state index in [1.165, 1.54) is 13.0 Å². The average molecular weight is 451 g/mol. The Bertz CT molecular complexity index is 616. The van der Waals surface area contributed by atoms with Crippen molar-refractivity contribution in [2.75, 3.05) is 11.9 Å². The summed E-state index contributed by atoms with van der Waals surface area (Å²) in [4.78, 5) is 22.7. The monoisotopic (exact) mass is 449 g/mol. The number of ether oxygens (including phenoxy) is 1. The fourth-order valence-electron chi connectivity index (χ4n) is 2.40. The van der Waals surface area contributed by atoms with Crippen molar-refractivity contribution in [3.8, 4) is 0 Å². The fraction of sp³-hybridized carbons (Fsp3) is 0.474. The lowest BCUT2D eigenvalue weighted by atomic mass is 10.1. The molecule has 0 fully saturated rings. The van der Waals surface area contributed by atoms with Crippen molar-refractivity contribution in [1.82, 2.24) is 0 Å². The van der Waals surface area contributed by atoms with Gasteiger partial charge in [-0.25, -0.2) is 4.79 Å². The van der Waals surface area contributed by atoms with E-state index in [-0.39, 0.29) is 11.9 Å². The molecule has 0 heterocycles. The number of hydrogen-bond donors (Lipinski definition) is 1. The van der Waals surface area contributed by atoms with E-state index >= 15 is 0 Å². The van der Waals surface area contributed by atoms with Crippen LogP contribution in [-0.4, -0.2) is 24.5 Å². The Labute approximate surface area is 176 Å². The standard InChI is InChI=1S/C19H26Cl3NO3Si/c1-16(24)23-18-11-8-17(9-12-18)10-13-19(25)26-14-6-4-2-3-5-7-15-27(20,21)22/h8-13H,2-7,14-15H2,1H3,(H,23,24)/b13-10+. The van der Waals surface area contributed by atoms with Crippen LogP contribution in [0.15, 0.2) is 30.3 Å². The summed E-state index contributed by atoms with van der Waals surface area (Å²) in [6.45, 7) is 1.88. The van der Waals surface area contributed by atoms with E-state index in [0.717, 1.165) is 55.8 Å². The van der Waals surface area contributed by atoms with E-state index in [4.69, 9.17) is 38.0 Å². The van der Waals surface area contributed by atoms with Gasteiger partial charge in [0.2, 0.25) is 5.91 Å². The summed E-state index contributed by atoms with van der Waals surface area (Å²) in [7, 11) is 0. The quantitative estimate of drug-likeness (QED) is 0.136. The number of esters is 1. The molecule has 8 heteroatoms. The topological polar surface area (TPSA) is 55.4 Å². The summed E-state index contributed by atoms with van der Waals surface area (Å²) in [6, 6.07) is 5.46. The third-order valence-corrected chi connectivity index (χ3v) is 6.36. The maximum absolute atomic E-state index is 11.7. The lowest BCUT2D eigenvalue weighted by molar-refractivity contribution is -0.137. The SMILES string of the molecule is CC(=O)Nc1ccc(/C=C/C(=O)OCCCCCCCC[Si](Cl)(Cl)Cl)cc1. The van der Waals surface area contributed by atoms with Crippen molar-refractivity contribution < 1.29 is 14.3 Å². The number of rotatable bonds is 12. The molecule has 1 aromatic rings. The Kier molecular flexibility index (Phi) is 11.8. The normalized spacial score (nSPS) is 11.6. The summed E-state index contributed by atoms with van der Waals surface area (Å²) in [6.07, 6.45) is 9.21. The van der Waals surface area contributed by atoms with Gasteiger partial charge in [-0.15, -0.1) is 33.2 Å². The number of carbonyl (C=O) groups is 2. The van der Waals surface area contributed by atoms with Gasteiger partial charge in [0.1, 0.15) is 0 Å². The van der Waals surface area contributed by atoms with Crippen LogP contribution in [0.25, 0.3) is 6.08 Å². The minimum atomic E-state index is -2.46. The number of unbranched alkanes of at least 4 members (excludes halogenated alkanes) is 5. The van der Waals surface area contributed by atoms with Gasteiger partial charge in [-0.3, -0.25) is 4.79 Å². The molecule has 0 aromatic heterocycles. The minimum Gasteiger partial charge on any atom is -0.463 e. The predicted molar refractivity (Wildman–Crippen MR) is 117 cm³/mol. The van der Waals surface area contributed by atoms with Crippen molar-refractivity contribution in [3.63, 3.8) is 0 Å². The molecule has 150 valence electrons. The van der Waals surface area contributed by atoms with Crippen molar-refractivity contribution in [1.29, 1.82) is 0 Å². The molecule has 1 rings (SSSR count). The lowest BCUT2D eigenvalue weighted by Crippen LogP contribution is -2.07. The highest BCUT2D eigenvalue weighted by Crippen LogP contribution is 2.27. The second-order valence-corrected chi connectivity index (χ2v) is 15.6. The highest BCUT2D eigenvalue weighted by Gasteiger charge is 2.23. The maximum Gasteiger partial charge on any atom is 0.341 e. The number of anilines is 1. The Morgan fingerprint density at radius 1 is 1.00 bits per heavy atom. The maximum atomic E-state index is 11.7. The number of benzene rings is 1. The average Bonchev–Trinajstić information content (AvgIpc) is 2.58. The first kappa shape index (κ1) is 24.0. The van der Waals surface area contributed by atoms with Gasteiger partial charge in [0.25, 0.3) is 0 Å². The van der Waals surface area contributed by atoms with Crippen LogP contribution in [-0.2, 0) is 14.3 Å². The molecule has 1 amide bonds. The summed E-state index contributed by atoms with van der Waals surface area (Å²) in [5.74, 6) is -0.472. The number of carbonyl (C=O) groups excluding carboxylic acids is 2. The third kappa shape index (κ3) is 13.8. The zero-order valence-corrected chi connectivity index (χ0v) is 18.7. The minimum absolute atomic E-state index is 0.119. The van der Waals surface area contributed by atoms with Crippen LogP contribution in [0.4, 0.5) is 5.69 Å². The van der Waals surface area contributed by atoms with E-state index in [2.05, 4.69) is 5.32 Å². The summed E-state index contributed by atoms with van der Waals surface area (Å²) in [5, 5.41) is 2.69. The molecule has 4 nitrogen and oxygen atoms in total. The molecule has 0 saturated carbocycles. The number of halogens is 3. The van der Waals surface area contributed by atoms with E-state index in [9.17, 15) is 9.59 Å². The first-order chi connectivity index (χ1) is 12.8. The van der Waals surface area contributed by atoms with Crippen LogP contribution in [0.3, 0.4) is 0 Å². The van der Waals surface area contributed by atoms with Gasteiger partial charge < -0.3 is 10.1 Å². The van der Waals surface area contributed by atoms with Gasteiger partial charge in [0.05, 0.1) is 6.61 Å². The third-order valence-electron chi connectivity index (χ3n) is 3.74. The van der Waals surface area contributed by atoms with Crippen molar-refractivity contribution in [2.45, 2.75) is 51.5 Å². The first-order valence-electron chi connectivity index (χ1n) is 9.05. The number of nitrogens with one attached hydrogen (secondary N) is 1. The van der Waals surface area contributed by atoms with Gasteiger partial charge in [0.15, 0.2) is 0 Å². The summed E-state index contributed by atoms with van der Waals surface area (Å²) >= 11 is 17.5. The highest BCUT2D eigenvalue weighted by atomic mass is 35.8. The smallest absolute Gasteiger partial charge is 0.341 e. The Hall–Kier alpha value is -1.01. The van der Waals surface area contributed by atoms with Crippen LogP contribution in [0.2, 0.25) is 6.04 Å². The number of hydrogen-bond acceptors (Lipinski definition) is 3. The second kappa shape index (κ2) is 13.2. The van der Waals surface area contributed by atoms with Gasteiger partial charge >= 0.3 is 12.0 Å². The largest absolute Gasteiger partial charge is 0.463 e. The van der Waals surface area contributed by atoms with Gasteiger partial charge in [-0.2, -0.15) is 0 Å². The molecule has 0 saturated heterocycles. The molecule has 0 aliphatic heterocycles. The zero-order chi connectivity index (χ0) is 20.1. The zero-order valence-electron chi connectivity index (χ0n) is 15.5. The van der Waals surface area contributed by atoms with Crippen molar-refractivity contribution >= 4 is 62.9 Å². The van der Waals surface area contributed by atoms with Crippen LogP contribution in [0.5, 0.6) is 0 Å². The number of amides is 1. The summed E-state index contributed by atoms with van der Waals surface area (Å²) in [5.41, 5.74) is 1.58. The van der Waals surface area contributed by atoms with E-state index in [1.807, 2.05) is 12.1 Å². The molecule has 0 aliphatic carbocycles. The predicted octanol–water partition coefficient (Wildman–Crippen LogP) is 6.20. The lowest BCUT2D eigenvalue weighted by Gasteiger charge is -2.07. The molecular weight excluding hydrogens is 425 g/mol. The van der Waals surface area contributed by atoms with Gasteiger partial charge in [0, 0.05) is 18.7 Å². The van der Waals surface area contributed by atoms with E-state index in [0.29, 0.717) is 6.61 Å². The van der Waals surface area contributed by atoms with E-state index in [1.54, 1.807) is 18.2 Å². The Morgan fingerprint density at radius 2 is 1.59 bits per heavy atom. The summed E-state index contributed by atoms with van der Waals surface area (Å²) < 4.78 is 5.18. The molecule has 0 aliphatic rings. The molecule has 0 bridgehead atoms. The van der Waals surface area contributed by atoms with Crippen molar-refractivity contribution in [2.24, 2.45) is 0 Å². The molecule has 0 unspecified atom stereocenters. The Morgan fingerprint density at radius 3 is 2.19 bits per heavy atom. The second-order valence-electron chi connectivity index (χ2n) is 6.29. The van der Waals surface area contributed by atoms with Crippen LogP contribution in [0.1, 0.15) is 51.0 Å². The molecule has 0 spiro atoms. The van der Waals surface area contributed by atoms with Gasteiger partial charge in [-0.05, 0) is 36.2 Å². The van der Waals surface area contributed by atoms with E-state index < -0.39 is 6.00 Å². The van der Waals surface area contributed by atoms with Crippen LogP contribution < -0.4 is 5.32 Å². The Balaban J connectivity index is 2.10.